The second-order valence-corrected chi connectivity index (χ2v) is 12.8. The monoisotopic (exact) mass is 664 g/mol. The first kappa shape index (κ1) is 30.7. The van der Waals surface area contributed by atoms with E-state index in [-0.39, 0.29) is 49.9 Å². The Hall–Kier alpha value is -4.27. The van der Waals surface area contributed by atoms with E-state index in [9.17, 15) is 35.2 Å². The predicted octanol–water partition coefficient (Wildman–Crippen LogP) is 6.27. The molecule has 0 aliphatic carbocycles. The van der Waals surface area contributed by atoms with Crippen molar-refractivity contribution in [3.8, 4) is 11.1 Å². The zero-order valence-corrected chi connectivity index (χ0v) is 24.8. The number of fused-ring (bicyclic) bond motifs is 1. The van der Waals surface area contributed by atoms with Gasteiger partial charge >= 0.3 is 12.2 Å². The number of benzene rings is 2. The standard InChI is InChI=1S/C30H22ClF5N4O4S/c1-18-5-7-22(8-6-18)45(42,43)40-15-24(19-9-10-38(26(41)11-19)14-20-3-2-4-25(31)27(20)32)23-12-21(13-37-28(23)40)39-16-29(33,34)44-30(35,36)17-39/h2-13,15H,14,16-17H2,1H3. The minimum Gasteiger partial charge on any atom is -0.353 e. The molecule has 0 atom stereocenters. The number of aryl methyl sites for hydroxylation is 1. The van der Waals surface area contributed by atoms with Crippen molar-refractivity contribution in [2.75, 3.05) is 18.0 Å². The van der Waals surface area contributed by atoms with Crippen molar-refractivity contribution in [3.63, 3.8) is 0 Å². The number of anilines is 1. The third kappa shape index (κ3) is 5.92. The zero-order chi connectivity index (χ0) is 32.3. The normalized spacial score (nSPS) is 16.3. The van der Waals surface area contributed by atoms with Crippen molar-refractivity contribution in [1.82, 2.24) is 13.5 Å². The molecule has 0 amide bonds. The largest absolute Gasteiger partial charge is 0.377 e. The van der Waals surface area contributed by atoms with E-state index in [1.54, 1.807) is 19.1 Å². The molecule has 1 fully saturated rings. The van der Waals surface area contributed by atoms with Gasteiger partial charge < -0.3 is 9.47 Å². The molecule has 1 aliphatic heterocycles. The van der Waals surface area contributed by atoms with Crippen molar-refractivity contribution in [2.24, 2.45) is 0 Å². The summed E-state index contributed by atoms with van der Waals surface area (Å²) in [4.78, 5) is 17.9. The van der Waals surface area contributed by atoms with Crippen LogP contribution in [0.1, 0.15) is 11.1 Å². The minimum atomic E-state index is -4.27. The maximum Gasteiger partial charge on any atom is 0.377 e. The van der Waals surface area contributed by atoms with Gasteiger partial charge in [-0.3, -0.25) is 9.53 Å². The van der Waals surface area contributed by atoms with Gasteiger partial charge in [-0.25, -0.2) is 21.8 Å². The number of morpholine rings is 1. The molecule has 0 N–H and O–H groups in total. The molecule has 5 aromatic rings. The first-order valence-electron chi connectivity index (χ1n) is 13.3. The summed E-state index contributed by atoms with van der Waals surface area (Å²) in [6.45, 7) is -0.780. The van der Waals surface area contributed by atoms with E-state index in [0.717, 1.165) is 15.7 Å². The first-order valence-corrected chi connectivity index (χ1v) is 15.1. The van der Waals surface area contributed by atoms with Crippen molar-refractivity contribution in [1.29, 1.82) is 0 Å². The molecule has 0 spiro atoms. The van der Waals surface area contributed by atoms with Crippen LogP contribution in [0, 0.1) is 12.7 Å². The van der Waals surface area contributed by atoms with Crippen molar-refractivity contribution >= 4 is 38.3 Å². The van der Waals surface area contributed by atoms with Gasteiger partial charge in [0.1, 0.15) is 18.9 Å². The number of alkyl halides is 4. The van der Waals surface area contributed by atoms with Gasteiger partial charge in [0, 0.05) is 35.0 Å². The summed E-state index contributed by atoms with van der Waals surface area (Å²) in [5.41, 5.74) is 0.471. The Bertz CT molecular complexity index is 2100. The molecule has 2 aromatic carbocycles. The second kappa shape index (κ2) is 11.0. The fraction of sp³-hybridized carbons (Fsp3) is 0.200. The number of nitrogens with zero attached hydrogens (tertiary/aromatic N) is 4. The molecule has 6 rings (SSSR count). The Morgan fingerprint density at radius 2 is 1.69 bits per heavy atom. The summed E-state index contributed by atoms with van der Waals surface area (Å²) in [6, 6.07) is 14.3. The molecule has 0 saturated carbocycles. The van der Waals surface area contributed by atoms with Crippen LogP contribution in [-0.4, -0.2) is 47.2 Å². The van der Waals surface area contributed by atoms with Crippen LogP contribution in [-0.2, 0) is 21.3 Å². The highest BCUT2D eigenvalue weighted by Crippen LogP contribution is 2.38. The molecule has 0 bridgehead atoms. The molecule has 4 heterocycles. The van der Waals surface area contributed by atoms with Gasteiger partial charge in [0.15, 0.2) is 5.65 Å². The third-order valence-electron chi connectivity index (χ3n) is 7.27. The van der Waals surface area contributed by atoms with Crippen LogP contribution in [0.3, 0.4) is 0 Å². The van der Waals surface area contributed by atoms with Gasteiger partial charge in [-0.2, -0.15) is 17.6 Å². The smallest absolute Gasteiger partial charge is 0.353 e. The number of hydrogen-bond donors (Lipinski definition) is 0. The van der Waals surface area contributed by atoms with E-state index in [1.165, 1.54) is 65.5 Å². The topological polar surface area (TPSA) is 86.4 Å². The summed E-state index contributed by atoms with van der Waals surface area (Å²) in [7, 11) is -4.27. The van der Waals surface area contributed by atoms with Crippen molar-refractivity contribution in [3.05, 3.63) is 112 Å². The zero-order valence-electron chi connectivity index (χ0n) is 23.2. The van der Waals surface area contributed by atoms with E-state index in [1.807, 2.05) is 0 Å². The van der Waals surface area contributed by atoms with E-state index >= 15 is 0 Å². The number of ether oxygens (including phenoxy) is 1. The third-order valence-corrected chi connectivity index (χ3v) is 9.22. The summed E-state index contributed by atoms with van der Waals surface area (Å²) in [5.74, 6) is -0.683. The second-order valence-electron chi connectivity index (χ2n) is 10.5. The van der Waals surface area contributed by atoms with Crippen molar-refractivity contribution < 1.29 is 35.1 Å². The highest BCUT2D eigenvalue weighted by molar-refractivity contribution is 7.90. The lowest BCUT2D eigenvalue weighted by molar-refractivity contribution is -0.380. The molecule has 15 heteroatoms. The molecule has 0 unspecified atom stereocenters. The fourth-order valence-corrected chi connectivity index (χ4v) is 6.62. The van der Waals surface area contributed by atoms with Gasteiger partial charge in [0.25, 0.3) is 15.6 Å². The number of hydrogen-bond acceptors (Lipinski definition) is 6. The molecular weight excluding hydrogens is 643 g/mol. The SMILES string of the molecule is Cc1ccc(S(=O)(=O)n2cc(-c3ccn(Cc4cccc(Cl)c4F)c(=O)c3)c3cc(N4CC(F)(F)OC(F)(F)C4)cnc32)cc1. The van der Waals surface area contributed by atoms with Gasteiger partial charge in [-0.15, -0.1) is 0 Å². The predicted molar refractivity (Wildman–Crippen MR) is 157 cm³/mol. The molecular formula is C30H22ClF5N4O4S. The summed E-state index contributed by atoms with van der Waals surface area (Å²) in [5, 5.41) is -0.0294. The first-order chi connectivity index (χ1) is 21.1. The van der Waals surface area contributed by atoms with Crippen LogP contribution in [0.2, 0.25) is 5.02 Å². The highest BCUT2D eigenvalue weighted by atomic mass is 35.5. The highest BCUT2D eigenvalue weighted by Gasteiger charge is 2.51. The van der Waals surface area contributed by atoms with E-state index in [4.69, 9.17) is 11.6 Å². The average molecular weight is 665 g/mol. The van der Waals surface area contributed by atoms with Crippen LogP contribution in [0.5, 0.6) is 0 Å². The van der Waals surface area contributed by atoms with Crippen LogP contribution in [0.25, 0.3) is 22.2 Å². The van der Waals surface area contributed by atoms with Gasteiger partial charge in [-0.1, -0.05) is 41.4 Å². The number of rotatable bonds is 6. The number of aromatic nitrogens is 3. The Morgan fingerprint density at radius 3 is 2.36 bits per heavy atom. The van der Waals surface area contributed by atoms with Crippen molar-refractivity contribution in [2.45, 2.75) is 30.6 Å². The molecule has 3 aromatic heterocycles. The molecule has 1 aliphatic rings. The lowest BCUT2D eigenvalue weighted by Gasteiger charge is -2.37. The molecule has 45 heavy (non-hydrogen) atoms. The fourth-order valence-electron chi connectivity index (χ4n) is 5.10. The molecule has 0 radical (unpaired) electrons. The summed E-state index contributed by atoms with van der Waals surface area (Å²) in [6.07, 6.45) is -4.74. The summed E-state index contributed by atoms with van der Waals surface area (Å²) >= 11 is 5.86. The Labute approximate surface area is 257 Å². The van der Waals surface area contributed by atoms with E-state index < -0.39 is 46.7 Å². The Kier molecular flexibility index (Phi) is 7.49. The maximum atomic E-state index is 14.5. The maximum absolute atomic E-state index is 14.5. The van der Waals surface area contributed by atoms with Crippen LogP contribution in [0.15, 0.2) is 88.9 Å². The summed E-state index contributed by atoms with van der Waals surface area (Å²) < 4.78 is 104. The van der Waals surface area contributed by atoms with Gasteiger partial charge in [-0.05, 0) is 42.8 Å². The van der Waals surface area contributed by atoms with Crippen LogP contribution >= 0.6 is 11.6 Å². The van der Waals surface area contributed by atoms with Crippen LogP contribution in [0.4, 0.5) is 27.6 Å². The molecule has 8 nitrogen and oxygen atoms in total. The minimum absolute atomic E-state index is 0.0751. The van der Waals surface area contributed by atoms with E-state index in [2.05, 4.69) is 9.72 Å². The number of halogens is 6. The average Bonchev–Trinajstić information content (AvgIpc) is 3.35. The van der Waals surface area contributed by atoms with Gasteiger partial charge in [0.2, 0.25) is 0 Å². The number of pyridine rings is 2. The quantitative estimate of drug-likeness (QED) is 0.199. The van der Waals surface area contributed by atoms with Crippen LogP contribution < -0.4 is 10.5 Å². The Morgan fingerprint density at radius 1 is 1.00 bits per heavy atom. The lowest BCUT2D eigenvalue weighted by atomic mass is 10.1. The Balaban J connectivity index is 1.49. The van der Waals surface area contributed by atoms with E-state index in [0.29, 0.717) is 4.90 Å². The lowest BCUT2D eigenvalue weighted by Crippen LogP contribution is -2.55. The molecule has 1 saturated heterocycles. The van der Waals surface area contributed by atoms with Gasteiger partial charge in [0.05, 0.1) is 28.3 Å². The molecule has 234 valence electrons.